The zero-order valence-electron chi connectivity index (χ0n) is 26.3. The summed E-state index contributed by atoms with van der Waals surface area (Å²) in [6, 6.07) is 13.2. The minimum absolute atomic E-state index is 0.0531. The predicted molar refractivity (Wildman–Crippen MR) is 168 cm³/mol. The molecule has 0 aliphatic carbocycles. The molecular weight excluding hydrogens is 548 g/mol. The number of benzene rings is 2. The molecule has 10 nitrogen and oxygen atoms in total. The number of ether oxygens (including phenoxy) is 2. The second-order valence-corrected chi connectivity index (χ2v) is 11.8. The molecule has 43 heavy (non-hydrogen) atoms. The molecule has 3 rings (SSSR count). The van der Waals surface area contributed by atoms with Gasteiger partial charge in [0.25, 0.3) is 11.8 Å². The molecule has 0 aromatic heterocycles. The van der Waals surface area contributed by atoms with Gasteiger partial charge in [0, 0.05) is 50.0 Å². The van der Waals surface area contributed by atoms with Gasteiger partial charge in [-0.3, -0.25) is 9.59 Å². The molecule has 10 heteroatoms. The van der Waals surface area contributed by atoms with Crippen molar-refractivity contribution in [3.63, 3.8) is 0 Å². The number of carbonyl (C=O) groups is 3. The lowest BCUT2D eigenvalue weighted by molar-refractivity contribution is -0.0149. The Morgan fingerprint density at radius 3 is 2.49 bits per heavy atom. The Balaban J connectivity index is 1.93. The minimum Gasteiger partial charge on any atom is -0.490 e. The Kier molecular flexibility index (Phi) is 12.8. The molecule has 0 fully saturated rings. The molecule has 1 aliphatic heterocycles. The maximum Gasteiger partial charge on any atom is 0.319 e. The third-order valence-corrected chi connectivity index (χ3v) is 7.55. The van der Waals surface area contributed by atoms with E-state index >= 15 is 0 Å². The summed E-state index contributed by atoms with van der Waals surface area (Å²) in [6.45, 7) is 10.4. The number of urea groups is 1. The van der Waals surface area contributed by atoms with Gasteiger partial charge < -0.3 is 35.0 Å². The first-order valence-corrected chi connectivity index (χ1v) is 15.2. The Morgan fingerprint density at radius 2 is 1.81 bits per heavy atom. The van der Waals surface area contributed by atoms with Crippen LogP contribution in [0, 0.1) is 5.92 Å². The van der Waals surface area contributed by atoms with E-state index in [1.54, 1.807) is 54.1 Å². The summed E-state index contributed by atoms with van der Waals surface area (Å²) in [7, 11) is 1.76. The lowest BCUT2D eigenvalue weighted by Crippen LogP contribution is -2.48. The number of nitrogens with zero attached hydrogens (tertiary/aromatic N) is 2. The summed E-state index contributed by atoms with van der Waals surface area (Å²) in [4.78, 5) is 43.0. The molecule has 0 spiro atoms. The van der Waals surface area contributed by atoms with Crippen LogP contribution in [0.25, 0.3) is 0 Å². The average Bonchev–Trinajstić information content (AvgIpc) is 2.98. The van der Waals surface area contributed by atoms with Gasteiger partial charge in [-0.15, -0.1) is 0 Å². The Hall–Kier alpha value is -3.63. The van der Waals surface area contributed by atoms with Gasteiger partial charge in [-0.25, -0.2) is 4.79 Å². The first-order valence-electron chi connectivity index (χ1n) is 15.2. The summed E-state index contributed by atoms with van der Waals surface area (Å²) in [5.41, 5.74) is 1.35. The van der Waals surface area contributed by atoms with Crippen LogP contribution in [0.2, 0.25) is 0 Å². The third-order valence-electron chi connectivity index (χ3n) is 7.55. The molecule has 2 aromatic carbocycles. The highest BCUT2D eigenvalue weighted by molar-refractivity contribution is 5.99. The fourth-order valence-corrected chi connectivity index (χ4v) is 5.05. The normalized spacial score (nSPS) is 20.8. The molecule has 2 aromatic rings. The Morgan fingerprint density at radius 1 is 1.09 bits per heavy atom. The summed E-state index contributed by atoms with van der Waals surface area (Å²) in [6.07, 6.45) is 1.95. The maximum absolute atomic E-state index is 14.2. The number of anilines is 1. The quantitative estimate of drug-likeness (QED) is 0.423. The largest absolute Gasteiger partial charge is 0.490 e. The Bertz CT molecular complexity index is 1210. The summed E-state index contributed by atoms with van der Waals surface area (Å²) >= 11 is 0. The SMILES string of the molecule is CC(C)NC(=O)Nc1ccc2c(c1)C(=O)N([C@H](C)CO)C[C@@H](C)[C@@H](CN(C)C(=O)c1ccccc1)OCCCC[C@H](C)O2. The standard InChI is InChI=1S/C33H48N4O6/c1-22(2)34-33(41)35-27-15-16-29-28(18-27)32(40)37(24(4)21-38)19-23(3)30(42-17-11-10-12-25(5)43-29)20-36(6)31(39)26-13-8-7-9-14-26/h7-9,13-16,18,22-25,30,38H,10-12,17,19-21H2,1-6H3,(H2,34,35,41)/t23-,24-,25+,30-/m1/s1. The summed E-state index contributed by atoms with van der Waals surface area (Å²) in [5, 5.41) is 15.7. The maximum atomic E-state index is 14.2. The van der Waals surface area contributed by atoms with E-state index in [9.17, 15) is 19.5 Å². The van der Waals surface area contributed by atoms with Crippen LogP contribution >= 0.6 is 0 Å². The molecule has 0 bridgehead atoms. The number of carbonyl (C=O) groups excluding carboxylic acids is 3. The van der Waals surface area contributed by atoms with E-state index in [2.05, 4.69) is 10.6 Å². The lowest BCUT2D eigenvalue weighted by Gasteiger charge is -2.36. The van der Waals surface area contributed by atoms with Gasteiger partial charge in [-0.05, 0) is 77.3 Å². The van der Waals surface area contributed by atoms with Gasteiger partial charge in [0.05, 0.1) is 30.4 Å². The van der Waals surface area contributed by atoms with E-state index < -0.39 is 6.04 Å². The van der Waals surface area contributed by atoms with Crippen molar-refractivity contribution in [2.24, 2.45) is 5.92 Å². The molecule has 0 unspecified atom stereocenters. The number of hydrogen-bond acceptors (Lipinski definition) is 6. The Labute approximate surface area is 255 Å². The highest BCUT2D eigenvalue weighted by atomic mass is 16.5. The predicted octanol–water partition coefficient (Wildman–Crippen LogP) is 4.78. The van der Waals surface area contributed by atoms with Crippen LogP contribution in [-0.2, 0) is 4.74 Å². The van der Waals surface area contributed by atoms with E-state index in [-0.39, 0.29) is 55.2 Å². The molecular formula is C33H48N4O6. The number of hydrogen-bond donors (Lipinski definition) is 3. The molecule has 4 amide bonds. The van der Waals surface area contributed by atoms with E-state index in [4.69, 9.17) is 9.47 Å². The third kappa shape index (κ3) is 9.96. The second kappa shape index (κ2) is 16.3. The van der Waals surface area contributed by atoms with Crippen molar-refractivity contribution in [2.45, 2.75) is 78.2 Å². The van der Waals surface area contributed by atoms with Crippen LogP contribution in [0.4, 0.5) is 10.5 Å². The van der Waals surface area contributed by atoms with Gasteiger partial charge >= 0.3 is 6.03 Å². The number of aliphatic hydroxyl groups is 1. The topological polar surface area (TPSA) is 120 Å². The monoisotopic (exact) mass is 596 g/mol. The number of aliphatic hydroxyl groups excluding tert-OH is 1. The summed E-state index contributed by atoms with van der Waals surface area (Å²) < 4.78 is 12.6. The van der Waals surface area contributed by atoms with Crippen LogP contribution in [0.3, 0.4) is 0 Å². The van der Waals surface area contributed by atoms with Crippen molar-refractivity contribution in [1.82, 2.24) is 15.1 Å². The van der Waals surface area contributed by atoms with Crippen LogP contribution in [-0.4, -0.2) is 90.4 Å². The first-order chi connectivity index (χ1) is 20.5. The fourth-order valence-electron chi connectivity index (χ4n) is 5.05. The van der Waals surface area contributed by atoms with E-state index in [1.165, 1.54) is 0 Å². The average molecular weight is 597 g/mol. The van der Waals surface area contributed by atoms with E-state index in [0.29, 0.717) is 35.7 Å². The van der Waals surface area contributed by atoms with Gasteiger partial charge in [0.2, 0.25) is 0 Å². The van der Waals surface area contributed by atoms with Crippen molar-refractivity contribution < 1.29 is 29.0 Å². The van der Waals surface area contributed by atoms with Crippen LogP contribution in [0.5, 0.6) is 5.75 Å². The van der Waals surface area contributed by atoms with Crippen LogP contribution in [0.15, 0.2) is 48.5 Å². The number of nitrogens with one attached hydrogen (secondary N) is 2. The minimum atomic E-state index is -0.502. The van der Waals surface area contributed by atoms with Gasteiger partial charge in [-0.1, -0.05) is 25.1 Å². The van der Waals surface area contributed by atoms with Crippen molar-refractivity contribution in [1.29, 1.82) is 0 Å². The zero-order valence-corrected chi connectivity index (χ0v) is 26.3. The van der Waals surface area contributed by atoms with Crippen molar-refractivity contribution in [2.75, 3.05) is 38.7 Å². The second-order valence-electron chi connectivity index (χ2n) is 11.8. The van der Waals surface area contributed by atoms with E-state index in [0.717, 1.165) is 19.3 Å². The van der Waals surface area contributed by atoms with Gasteiger partial charge in [0.15, 0.2) is 0 Å². The molecule has 236 valence electrons. The zero-order chi connectivity index (χ0) is 31.5. The van der Waals surface area contributed by atoms with Crippen LogP contribution < -0.4 is 15.4 Å². The summed E-state index contributed by atoms with van der Waals surface area (Å²) in [5.74, 6) is -0.177. The van der Waals surface area contributed by atoms with Gasteiger partial charge in [0.1, 0.15) is 5.75 Å². The molecule has 0 saturated carbocycles. The number of fused-ring (bicyclic) bond motifs is 1. The number of likely N-dealkylation sites (N-methyl/N-ethyl adjacent to an activating group) is 1. The smallest absolute Gasteiger partial charge is 0.319 e. The molecule has 1 heterocycles. The molecule has 3 N–H and O–H groups in total. The van der Waals surface area contributed by atoms with Crippen LogP contribution in [0.1, 0.15) is 74.6 Å². The van der Waals surface area contributed by atoms with Gasteiger partial charge in [-0.2, -0.15) is 0 Å². The molecule has 4 atom stereocenters. The number of rotatable bonds is 7. The first kappa shape index (κ1) is 33.9. The molecule has 0 radical (unpaired) electrons. The molecule has 1 aliphatic rings. The highest BCUT2D eigenvalue weighted by Gasteiger charge is 2.31. The highest BCUT2D eigenvalue weighted by Crippen LogP contribution is 2.28. The van der Waals surface area contributed by atoms with Crippen molar-refractivity contribution >= 4 is 23.5 Å². The fraction of sp³-hybridized carbons (Fsp3) is 0.545. The number of amides is 4. The molecule has 0 saturated heterocycles. The van der Waals surface area contributed by atoms with Crippen molar-refractivity contribution in [3.05, 3.63) is 59.7 Å². The van der Waals surface area contributed by atoms with E-state index in [1.807, 2.05) is 45.9 Å². The lowest BCUT2D eigenvalue weighted by atomic mass is 10.0. The van der Waals surface area contributed by atoms with Crippen molar-refractivity contribution in [3.8, 4) is 5.75 Å².